The largest absolute Gasteiger partial charge is 0.426 e. The summed E-state index contributed by atoms with van der Waals surface area (Å²) in [5.41, 5.74) is 3.57. The van der Waals surface area contributed by atoms with E-state index in [0.717, 1.165) is 51.4 Å². The molecule has 0 spiro atoms. The highest BCUT2D eigenvalue weighted by Gasteiger charge is 2.33. The van der Waals surface area contributed by atoms with Crippen molar-refractivity contribution in [2.45, 2.75) is 97.0 Å². The van der Waals surface area contributed by atoms with E-state index in [2.05, 4.69) is 55.0 Å². The van der Waals surface area contributed by atoms with Crippen LogP contribution in [-0.4, -0.2) is 18.0 Å². The SMILES string of the molecule is CCCCCCCC(F)(F)OC(=O)c1ccc(OC(=O)C(CCCC)CCCc2ccc(-c3ccccc3)cc2)cc1. The molecule has 0 aliphatic carbocycles. The second-order valence-electron chi connectivity index (χ2n) is 10.9. The lowest BCUT2D eigenvalue weighted by Gasteiger charge is -2.17. The van der Waals surface area contributed by atoms with Crippen LogP contribution in [0.2, 0.25) is 0 Å². The molecule has 0 radical (unpaired) electrons. The first-order valence-corrected chi connectivity index (χ1v) is 15.4. The lowest BCUT2D eigenvalue weighted by atomic mass is 9.94. The molecule has 1 atom stereocenters. The van der Waals surface area contributed by atoms with Gasteiger partial charge in [-0.2, -0.15) is 8.78 Å². The highest BCUT2D eigenvalue weighted by Crippen LogP contribution is 2.27. The highest BCUT2D eigenvalue weighted by molar-refractivity contribution is 5.89. The minimum Gasteiger partial charge on any atom is -0.426 e. The third-order valence-corrected chi connectivity index (χ3v) is 7.44. The molecule has 0 heterocycles. The van der Waals surface area contributed by atoms with E-state index < -0.39 is 18.5 Å². The van der Waals surface area contributed by atoms with E-state index in [1.165, 1.54) is 41.0 Å². The molecular formula is C36H44F2O4. The zero-order valence-electron chi connectivity index (χ0n) is 25.0. The van der Waals surface area contributed by atoms with Gasteiger partial charge in [-0.1, -0.05) is 107 Å². The van der Waals surface area contributed by atoms with E-state index in [4.69, 9.17) is 4.74 Å². The fraction of sp³-hybridized carbons (Fsp3) is 0.444. The molecule has 0 aliphatic heterocycles. The Kier molecular flexibility index (Phi) is 13.7. The summed E-state index contributed by atoms with van der Waals surface area (Å²) < 4.78 is 38.3. The number of aryl methyl sites for hydroxylation is 1. The Hall–Kier alpha value is -3.54. The Bertz CT molecular complexity index is 1210. The fourth-order valence-electron chi connectivity index (χ4n) is 4.92. The predicted molar refractivity (Wildman–Crippen MR) is 164 cm³/mol. The van der Waals surface area contributed by atoms with Gasteiger partial charge in [0.25, 0.3) is 0 Å². The number of rotatable bonds is 18. The van der Waals surface area contributed by atoms with E-state index in [-0.39, 0.29) is 23.2 Å². The van der Waals surface area contributed by atoms with E-state index in [0.29, 0.717) is 19.3 Å². The molecule has 4 nitrogen and oxygen atoms in total. The van der Waals surface area contributed by atoms with Crippen LogP contribution in [0, 0.1) is 5.92 Å². The normalized spacial score (nSPS) is 12.1. The van der Waals surface area contributed by atoms with Crippen molar-refractivity contribution in [3.05, 3.63) is 90.0 Å². The van der Waals surface area contributed by atoms with Crippen molar-refractivity contribution >= 4 is 11.9 Å². The standard InChI is InChI=1S/C36H44F2O4/c1-3-5-7-8-12-27-36(37,38)42-35(40)32-23-25-33(26-24-32)41-34(39)31(15-6-4-2)18-13-14-28-19-21-30(22-20-28)29-16-10-9-11-17-29/h9-11,16-17,19-26,31H,3-8,12-15,18,27H2,1-2H3. The number of halogens is 2. The quantitative estimate of drug-likeness (QED) is 0.0856. The van der Waals surface area contributed by atoms with Crippen molar-refractivity contribution in [3.8, 4) is 16.9 Å². The van der Waals surface area contributed by atoms with E-state index in [1.807, 2.05) is 18.2 Å². The van der Waals surface area contributed by atoms with Gasteiger partial charge in [-0.3, -0.25) is 4.79 Å². The summed E-state index contributed by atoms with van der Waals surface area (Å²) in [5.74, 6) is -1.37. The number of esters is 2. The van der Waals surface area contributed by atoms with Crippen LogP contribution in [0.1, 0.15) is 100 Å². The van der Waals surface area contributed by atoms with Gasteiger partial charge in [0.2, 0.25) is 0 Å². The molecule has 0 bridgehead atoms. The Morgan fingerprint density at radius 2 is 1.33 bits per heavy atom. The number of benzene rings is 3. The van der Waals surface area contributed by atoms with Gasteiger partial charge in [0.15, 0.2) is 0 Å². The third-order valence-electron chi connectivity index (χ3n) is 7.44. The molecule has 0 aromatic heterocycles. The van der Waals surface area contributed by atoms with Gasteiger partial charge < -0.3 is 9.47 Å². The van der Waals surface area contributed by atoms with Crippen LogP contribution >= 0.6 is 0 Å². The molecule has 3 aromatic rings. The first-order valence-electron chi connectivity index (χ1n) is 15.4. The molecule has 226 valence electrons. The van der Waals surface area contributed by atoms with E-state index in [1.54, 1.807) is 0 Å². The summed E-state index contributed by atoms with van der Waals surface area (Å²) in [4.78, 5) is 25.3. The van der Waals surface area contributed by atoms with E-state index >= 15 is 0 Å². The first kappa shape index (κ1) is 33.0. The van der Waals surface area contributed by atoms with Crippen molar-refractivity contribution in [3.63, 3.8) is 0 Å². The monoisotopic (exact) mass is 578 g/mol. The average molecular weight is 579 g/mol. The zero-order valence-corrected chi connectivity index (χ0v) is 25.0. The maximum Gasteiger partial charge on any atom is 0.400 e. The Morgan fingerprint density at radius 3 is 2.00 bits per heavy atom. The fourth-order valence-corrected chi connectivity index (χ4v) is 4.92. The summed E-state index contributed by atoms with van der Waals surface area (Å²) >= 11 is 0. The first-order chi connectivity index (χ1) is 20.3. The minimum absolute atomic E-state index is 0.0127. The molecule has 3 rings (SSSR count). The maximum absolute atomic E-state index is 14.1. The molecule has 0 amide bonds. The van der Waals surface area contributed by atoms with Crippen molar-refractivity contribution in [2.24, 2.45) is 5.92 Å². The van der Waals surface area contributed by atoms with Gasteiger partial charge in [-0.25, -0.2) is 4.79 Å². The Morgan fingerprint density at radius 1 is 0.714 bits per heavy atom. The average Bonchev–Trinajstić information content (AvgIpc) is 2.99. The van der Waals surface area contributed by atoms with Crippen LogP contribution in [0.3, 0.4) is 0 Å². The molecule has 1 unspecified atom stereocenters. The topological polar surface area (TPSA) is 52.6 Å². The van der Waals surface area contributed by atoms with Crippen molar-refractivity contribution in [1.29, 1.82) is 0 Å². The number of carbonyl (C=O) groups excluding carboxylic acids is 2. The van der Waals surface area contributed by atoms with Gasteiger partial charge >= 0.3 is 18.0 Å². The van der Waals surface area contributed by atoms with Crippen LogP contribution in [-0.2, 0) is 16.0 Å². The number of alkyl halides is 2. The smallest absolute Gasteiger partial charge is 0.400 e. The van der Waals surface area contributed by atoms with Crippen LogP contribution in [0.25, 0.3) is 11.1 Å². The van der Waals surface area contributed by atoms with Crippen LogP contribution in [0.5, 0.6) is 5.75 Å². The lowest BCUT2D eigenvalue weighted by Crippen LogP contribution is -2.25. The van der Waals surface area contributed by atoms with Gasteiger partial charge in [-0.05, 0) is 73.1 Å². The van der Waals surface area contributed by atoms with Gasteiger partial charge in [0.05, 0.1) is 17.9 Å². The molecule has 0 saturated carbocycles. The Balaban J connectivity index is 1.48. The predicted octanol–water partition coefficient (Wildman–Crippen LogP) is 10.2. The summed E-state index contributed by atoms with van der Waals surface area (Å²) in [6.07, 6.45) is 4.97. The molecule has 0 fully saturated rings. The molecule has 0 saturated heterocycles. The summed E-state index contributed by atoms with van der Waals surface area (Å²) in [5, 5.41) is 0. The van der Waals surface area contributed by atoms with Crippen molar-refractivity contribution in [1.82, 2.24) is 0 Å². The second kappa shape index (κ2) is 17.4. The third kappa shape index (κ3) is 11.4. The van der Waals surface area contributed by atoms with Gasteiger partial charge in [0, 0.05) is 0 Å². The molecule has 0 aliphatic rings. The summed E-state index contributed by atoms with van der Waals surface area (Å²) in [6, 6.07) is 24.4. The second-order valence-corrected chi connectivity index (χ2v) is 10.9. The number of ether oxygens (including phenoxy) is 2. The van der Waals surface area contributed by atoms with Gasteiger partial charge in [0.1, 0.15) is 5.75 Å². The molecule has 0 N–H and O–H groups in total. The maximum atomic E-state index is 14.1. The highest BCUT2D eigenvalue weighted by atomic mass is 19.3. The van der Waals surface area contributed by atoms with Crippen LogP contribution < -0.4 is 4.74 Å². The molecular weight excluding hydrogens is 534 g/mol. The zero-order chi connectivity index (χ0) is 30.2. The number of unbranched alkanes of at least 4 members (excludes halogenated alkanes) is 5. The minimum atomic E-state index is -3.51. The lowest BCUT2D eigenvalue weighted by molar-refractivity contribution is -0.205. The number of hydrogen-bond acceptors (Lipinski definition) is 4. The molecule has 3 aromatic carbocycles. The molecule has 42 heavy (non-hydrogen) atoms. The number of carbonyl (C=O) groups is 2. The molecule has 6 heteroatoms. The van der Waals surface area contributed by atoms with Gasteiger partial charge in [-0.15, -0.1) is 0 Å². The summed E-state index contributed by atoms with van der Waals surface area (Å²) in [6.45, 7) is 4.15. The van der Waals surface area contributed by atoms with E-state index in [9.17, 15) is 18.4 Å². The van der Waals surface area contributed by atoms with Crippen LogP contribution in [0.15, 0.2) is 78.9 Å². The summed E-state index contributed by atoms with van der Waals surface area (Å²) in [7, 11) is 0. The van der Waals surface area contributed by atoms with Crippen molar-refractivity contribution < 1.29 is 27.8 Å². The Labute approximate surface area is 249 Å². The number of hydrogen-bond donors (Lipinski definition) is 0. The van der Waals surface area contributed by atoms with Crippen molar-refractivity contribution in [2.75, 3.05) is 0 Å². The van der Waals surface area contributed by atoms with Crippen LogP contribution in [0.4, 0.5) is 8.78 Å².